The molecule has 0 saturated carbocycles. The monoisotopic (exact) mass is 337 g/mol. The van der Waals surface area contributed by atoms with Crippen LogP contribution < -0.4 is 4.74 Å². The third-order valence-electron chi connectivity index (χ3n) is 2.31. The van der Waals surface area contributed by atoms with Crippen LogP contribution in [0.5, 0.6) is 5.75 Å². The number of nitrogens with zero attached hydrogens (tertiary/aromatic N) is 1. The summed E-state index contributed by atoms with van der Waals surface area (Å²) in [5.74, 6) is -1.30. The van der Waals surface area contributed by atoms with Crippen LogP contribution in [0.15, 0.2) is 17.0 Å². The molecule has 0 fully saturated rings. The topological polar surface area (TPSA) is 113 Å². The zero-order chi connectivity index (χ0) is 16.2. The first-order chi connectivity index (χ1) is 9.72. The predicted octanol–water partition coefficient (Wildman–Crippen LogP) is 2.10. The minimum absolute atomic E-state index is 0.00997. The van der Waals surface area contributed by atoms with E-state index < -0.39 is 30.5 Å². The molecule has 1 aromatic carbocycles. The molecule has 0 aliphatic carbocycles. The molecule has 10 heteroatoms. The lowest BCUT2D eigenvalue weighted by molar-refractivity contribution is -0.386. The molecule has 0 radical (unpaired) electrons. The third-order valence-corrected chi connectivity index (χ3v) is 3.64. The number of hydrogen-bond acceptors (Lipinski definition) is 7. The van der Waals surface area contributed by atoms with Crippen LogP contribution in [-0.2, 0) is 13.8 Å². The lowest BCUT2D eigenvalue weighted by Gasteiger charge is -2.11. The second kappa shape index (κ2) is 6.72. The normalized spacial score (nSPS) is 11.0. The van der Waals surface area contributed by atoms with Crippen LogP contribution in [0.4, 0.5) is 5.69 Å². The first kappa shape index (κ1) is 17.2. The molecule has 21 heavy (non-hydrogen) atoms. The fourth-order valence-corrected chi connectivity index (χ4v) is 2.30. The molecule has 0 aliphatic heterocycles. The van der Waals surface area contributed by atoms with E-state index in [9.17, 15) is 23.3 Å². The molecule has 116 valence electrons. The Morgan fingerprint density at radius 1 is 1.33 bits per heavy atom. The number of esters is 1. The first-order valence-corrected chi connectivity index (χ1v) is 8.10. The molecule has 0 spiro atoms. The molecule has 0 heterocycles. The molecule has 0 bridgehead atoms. The quantitative estimate of drug-likeness (QED) is 0.338. The summed E-state index contributed by atoms with van der Waals surface area (Å²) in [5, 5.41) is 11.0. The number of nitro groups is 1. The molecule has 0 aromatic heterocycles. The Morgan fingerprint density at radius 3 is 2.38 bits per heavy atom. The third kappa shape index (κ3) is 4.05. The maximum absolute atomic E-state index is 11.8. The van der Waals surface area contributed by atoms with E-state index in [1.807, 2.05) is 0 Å². The Bertz CT molecular complexity index is 671. The summed E-state index contributed by atoms with van der Waals surface area (Å²) in [6.07, 6.45) is 0. The SMILES string of the molecule is CCOC(=O)c1cc(S(=O)(=O)Cl)cc([N+](=O)[O-])c1OCC. The van der Waals surface area contributed by atoms with Crippen molar-refractivity contribution in [2.24, 2.45) is 0 Å². The number of nitro benzene ring substituents is 1. The standard InChI is InChI=1S/C11H12ClNO7S/c1-3-19-10-8(11(14)20-4-2)5-7(21(12,17)18)6-9(10)13(15)16/h5-6H,3-4H2,1-2H3. The Labute approximate surface area is 125 Å². The van der Waals surface area contributed by atoms with E-state index in [1.165, 1.54) is 6.92 Å². The van der Waals surface area contributed by atoms with Crippen molar-refractivity contribution >= 4 is 31.4 Å². The number of hydrogen-bond donors (Lipinski definition) is 0. The van der Waals surface area contributed by atoms with E-state index in [-0.39, 0.29) is 24.5 Å². The van der Waals surface area contributed by atoms with Crippen LogP contribution in [0.2, 0.25) is 0 Å². The Balaban J connectivity index is 3.67. The highest BCUT2D eigenvalue weighted by atomic mass is 35.7. The van der Waals surface area contributed by atoms with E-state index in [1.54, 1.807) is 6.92 Å². The van der Waals surface area contributed by atoms with Crippen LogP contribution in [-0.4, -0.2) is 32.5 Å². The average Bonchev–Trinajstić information content (AvgIpc) is 2.37. The molecule has 1 aromatic rings. The highest BCUT2D eigenvalue weighted by molar-refractivity contribution is 8.13. The van der Waals surface area contributed by atoms with Gasteiger partial charge in [-0.25, -0.2) is 13.2 Å². The molecule has 0 aliphatic rings. The van der Waals surface area contributed by atoms with Gasteiger partial charge in [0.25, 0.3) is 9.05 Å². The highest BCUT2D eigenvalue weighted by Crippen LogP contribution is 2.35. The summed E-state index contributed by atoms with van der Waals surface area (Å²) in [7, 11) is 0.918. The Hall–Kier alpha value is -1.87. The van der Waals surface area contributed by atoms with Gasteiger partial charge in [-0.2, -0.15) is 0 Å². The number of benzene rings is 1. The summed E-state index contributed by atoms with van der Waals surface area (Å²) >= 11 is 0. The van der Waals surface area contributed by atoms with Crippen molar-refractivity contribution in [3.63, 3.8) is 0 Å². The van der Waals surface area contributed by atoms with E-state index >= 15 is 0 Å². The maximum atomic E-state index is 11.8. The van der Waals surface area contributed by atoms with Gasteiger partial charge in [0.05, 0.1) is 23.0 Å². The zero-order valence-corrected chi connectivity index (χ0v) is 12.7. The van der Waals surface area contributed by atoms with Gasteiger partial charge < -0.3 is 9.47 Å². The fourth-order valence-electron chi connectivity index (χ4n) is 1.52. The minimum Gasteiger partial charge on any atom is -0.487 e. The van der Waals surface area contributed by atoms with Crippen LogP contribution >= 0.6 is 10.7 Å². The van der Waals surface area contributed by atoms with Crippen molar-refractivity contribution in [2.75, 3.05) is 13.2 Å². The Morgan fingerprint density at radius 2 is 1.95 bits per heavy atom. The second-order valence-corrected chi connectivity index (χ2v) is 6.23. The van der Waals surface area contributed by atoms with Gasteiger partial charge in [0, 0.05) is 16.7 Å². The van der Waals surface area contributed by atoms with E-state index in [2.05, 4.69) is 0 Å². The summed E-state index contributed by atoms with van der Waals surface area (Å²) in [5.41, 5.74) is -1.05. The van der Waals surface area contributed by atoms with E-state index in [4.69, 9.17) is 20.2 Å². The van der Waals surface area contributed by atoms with Crippen molar-refractivity contribution in [1.82, 2.24) is 0 Å². The van der Waals surface area contributed by atoms with Crippen LogP contribution in [0.3, 0.4) is 0 Å². The first-order valence-electron chi connectivity index (χ1n) is 5.79. The molecule has 1 rings (SSSR count). The predicted molar refractivity (Wildman–Crippen MR) is 73.3 cm³/mol. The zero-order valence-electron chi connectivity index (χ0n) is 11.2. The molecule has 8 nitrogen and oxygen atoms in total. The van der Waals surface area contributed by atoms with E-state index in [0.717, 1.165) is 12.1 Å². The molecule has 0 saturated heterocycles. The number of halogens is 1. The van der Waals surface area contributed by atoms with Crippen LogP contribution in [0, 0.1) is 10.1 Å². The smallest absolute Gasteiger partial charge is 0.342 e. The van der Waals surface area contributed by atoms with Gasteiger partial charge in [-0.15, -0.1) is 0 Å². The molecule has 0 N–H and O–H groups in total. The largest absolute Gasteiger partial charge is 0.487 e. The molecular weight excluding hydrogens is 326 g/mol. The van der Waals surface area contributed by atoms with Crippen molar-refractivity contribution in [3.05, 3.63) is 27.8 Å². The molecular formula is C11H12ClNO7S. The van der Waals surface area contributed by atoms with Gasteiger partial charge >= 0.3 is 11.7 Å². The van der Waals surface area contributed by atoms with Gasteiger partial charge in [-0.3, -0.25) is 10.1 Å². The number of carbonyl (C=O) groups excluding carboxylic acids is 1. The molecule has 0 atom stereocenters. The summed E-state index contributed by atoms with van der Waals surface area (Å²) in [6, 6.07) is 1.62. The van der Waals surface area contributed by atoms with Crippen molar-refractivity contribution in [2.45, 2.75) is 18.7 Å². The van der Waals surface area contributed by atoms with Gasteiger partial charge in [-0.1, -0.05) is 0 Å². The van der Waals surface area contributed by atoms with E-state index in [0.29, 0.717) is 0 Å². The van der Waals surface area contributed by atoms with Gasteiger partial charge in [0.15, 0.2) is 0 Å². The van der Waals surface area contributed by atoms with Crippen LogP contribution in [0.1, 0.15) is 24.2 Å². The van der Waals surface area contributed by atoms with Crippen LogP contribution in [0.25, 0.3) is 0 Å². The highest BCUT2D eigenvalue weighted by Gasteiger charge is 2.29. The summed E-state index contributed by atoms with van der Waals surface area (Å²) in [4.78, 5) is 21.4. The average molecular weight is 338 g/mol. The molecule has 0 amide bonds. The number of ether oxygens (including phenoxy) is 2. The van der Waals surface area contributed by atoms with Gasteiger partial charge in [-0.05, 0) is 19.9 Å². The van der Waals surface area contributed by atoms with Gasteiger partial charge in [0.1, 0.15) is 5.56 Å². The van der Waals surface area contributed by atoms with Crippen molar-refractivity contribution < 1.29 is 27.6 Å². The van der Waals surface area contributed by atoms with Gasteiger partial charge in [0.2, 0.25) is 5.75 Å². The summed E-state index contributed by atoms with van der Waals surface area (Å²) < 4.78 is 32.5. The summed E-state index contributed by atoms with van der Waals surface area (Å²) in [6.45, 7) is 3.15. The fraction of sp³-hybridized carbons (Fsp3) is 0.364. The lowest BCUT2D eigenvalue weighted by Crippen LogP contribution is -2.11. The van der Waals surface area contributed by atoms with Crippen molar-refractivity contribution in [3.8, 4) is 5.75 Å². The minimum atomic E-state index is -4.26. The number of rotatable bonds is 6. The maximum Gasteiger partial charge on any atom is 0.342 e. The molecule has 0 unspecified atom stereocenters. The number of carbonyl (C=O) groups is 1. The Kier molecular flexibility index (Phi) is 5.50. The lowest BCUT2D eigenvalue weighted by atomic mass is 10.1. The van der Waals surface area contributed by atoms with Crippen molar-refractivity contribution in [1.29, 1.82) is 0 Å². The second-order valence-electron chi connectivity index (χ2n) is 3.67.